The summed E-state index contributed by atoms with van der Waals surface area (Å²) in [4.78, 5) is 24.8. The number of esters is 2. The van der Waals surface area contributed by atoms with E-state index in [1.54, 1.807) is 0 Å². The second-order valence-corrected chi connectivity index (χ2v) is 9.67. The quantitative estimate of drug-likeness (QED) is 0.420. The van der Waals surface area contributed by atoms with E-state index in [-0.39, 0.29) is 30.6 Å². The maximum absolute atomic E-state index is 12.7. The Morgan fingerprint density at radius 2 is 1.56 bits per heavy atom. The second-order valence-electron chi connectivity index (χ2n) is 9.67. The highest BCUT2D eigenvalue weighted by Crippen LogP contribution is 2.67. The van der Waals surface area contributed by atoms with Crippen LogP contribution < -0.4 is 0 Å². The fraction of sp³-hybridized carbons (Fsp3) is 0.826. The van der Waals surface area contributed by atoms with E-state index in [4.69, 9.17) is 9.47 Å². The van der Waals surface area contributed by atoms with Crippen LogP contribution in [0, 0.1) is 41.4 Å². The highest BCUT2D eigenvalue weighted by atomic mass is 16.6. The fourth-order valence-electron chi connectivity index (χ4n) is 7.28. The van der Waals surface area contributed by atoms with Crippen molar-refractivity contribution >= 4 is 11.9 Å². The fourth-order valence-corrected chi connectivity index (χ4v) is 7.28. The highest BCUT2D eigenvalue weighted by molar-refractivity contribution is 5.78. The molecule has 7 atom stereocenters. The molecule has 148 valence electrons. The van der Waals surface area contributed by atoms with E-state index in [1.165, 1.54) is 32.1 Å². The first-order valence-corrected chi connectivity index (χ1v) is 11.2. The van der Waals surface area contributed by atoms with Crippen molar-refractivity contribution in [2.24, 2.45) is 41.4 Å². The van der Waals surface area contributed by atoms with E-state index in [9.17, 15) is 9.59 Å². The topological polar surface area (TPSA) is 52.6 Å². The van der Waals surface area contributed by atoms with Crippen LogP contribution in [0.3, 0.4) is 0 Å². The molecule has 4 nitrogen and oxygen atoms in total. The van der Waals surface area contributed by atoms with Crippen molar-refractivity contribution in [1.29, 1.82) is 0 Å². The highest BCUT2D eigenvalue weighted by Gasteiger charge is 2.62. The predicted molar refractivity (Wildman–Crippen MR) is 101 cm³/mol. The van der Waals surface area contributed by atoms with Crippen molar-refractivity contribution in [2.45, 2.75) is 70.3 Å². The first-order valence-electron chi connectivity index (χ1n) is 11.2. The minimum Gasteiger partial charge on any atom is -0.460 e. The van der Waals surface area contributed by atoms with Gasteiger partial charge in [-0.2, -0.15) is 0 Å². The third kappa shape index (κ3) is 3.23. The van der Waals surface area contributed by atoms with Gasteiger partial charge in [0, 0.05) is 0 Å². The molecular formula is C23H32O4. The normalized spacial score (nSPS) is 42.6. The number of hydrogen-bond acceptors (Lipinski definition) is 4. The van der Waals surface area contributed by atoms with Gasteiger partial charge in [-0.15, -0.1) is 0 Å². The van der Waals surface area contributed by atoms with Crippen molar-refractivity contribution in [3.63, 3.8) is 0 Å². The molecule has 0 radical (unpaired) electrons. The van der Waals surface area contributed by atoms with Gasteiger partial charge in [0.2, 0.25) is 0 Å². The van der Waals surface area contributed by atoms with Crippen LogP contribution in [-0.2, 0) is 19.1 Å². The summed E-state index contributed by atoms with van der Waals surface area (Å²) in [5.41, 5.74) is 0. The number of carbonyl (C=O) groups excluding carboxylic acids is 2. The standard InChI is InChI=1S/C23H32O4/c24-20(27-17-6-4-2-1-3-5-7-17)13-26-23(25)19-12-16-11-18(19)22-15-9-8-14(10-15)21(16)22/h8-9,14-19,21-22H,1-7,10-13H2. The average molecular weight is 373 g/mol. The van der Waals surface area contributed by atoms with Gasteiger partial charge < -0.3 is 9.47 Å². The minimum atomic E-state index is -0.363. The van der Waals surface area contributed by atoms with Crippen molar-refractivity contribution in [3.05, 3.63) is 12.2 Å². The van der Waals surface area contributed by atoms with Crippen LogP contribution in [-0.4, -0.2) is 24.6 Å². The van der Waals surface area contributed by atoms with Gasteiger partial charge >= 0.3 is 11.9 Å². The Balaban J connectivity index is 1.11. The molecule has 5 aliphatic carbocycles. The van der Waals surface area contributed by atoms with Crippen molar-refractivity contribution in [1.82, 2.24) is 0 Å². The molecule has 0 aromatic rings. The molecule has 7 unspecified atom stereocenters. The first kappa shape index (κ1) is 17.8. The molecule has 0 amide bonds. The molecule has 4 fully saturated rings. The second kappa shape index (κ2) is 7.25. The van der Waals surface area contributed by atoms with Gasteiger partial charge in [0.1, 0.15) is 6.10 Å². The van der Waals surface area contributed by atoms with Crippen molar-refractivity contribution in [3.8, 4) is 0 Å². The molecule has 4 saturated carbocycles. The van der Waals surface area contributed by atoms with E-state index in [0.29, 0.717) is 23.7 Å². The molecule has 5 aliphatic rings. The maximum atomic E-state index is 12.7. The molecule has 4 heteroatoms. The number of ether oxygens (including phenoxy) is 2. The van der Waals surface area contributed by atoms with Gasteiger partial charge in [-0.1, -0.05) is 31.4 Å². The Kier molecular flexibility index (Phi) is 4.77. The monoisotopic (exact) mass is 372 g/mol. The smallest absolute Gasteiger partial charge is 0.344 e. The summed E-state index contributed by atoms with van der Waals surface area (Å²) in [7, 11) is 0. The van der Waals surface area contributed by atoms with Gasteiger partial charge in [0.25, 0.3) is 0 Å². The van der Waals surface area contributed by atoms with Gasteiger partial charge in [-0.05, 0) is 80.5 Å². The number of fused-ring (bicyclic) bond motifs is 9. The number of hydrogen-bond donors (Lipinski definition) is 0. The lowest BCUT2D eigenvalue weighted by atomic mass is 9.69. The average Bonchev–Trinajstić information content (AvgIpc) is 3.40. The molecule has 0 aliphatic heterocycles. The summed E-state index contributed by atoms with van der Waals surface area (Å²) in [5.74, 6) is 3.64. The SMILES string of the molecule is O=C(COC(=O)C1CC2CC1C1C3C=CC(C3)C21)OC1CCCCCCC1. The zero-order valence-electron chi connectivity index (χ0n) is 16.2. The van der Waals surface area contributed by atoms with E-state index in [2.05, 4.69) is 12.2 Å². The summed E-state index contributed by atoms with van der Waals surface area (Å²) in [6, 6.07) is 0. The summed E-state index contributed by atoms with van der Waals surface area (Å²) in [5, 5.41) is 0. The molecule has 4 bridgehead atoms. The Bertz CT molecular complexity index is 618. The predicted octanol–water partition coefficient (Wildman–Crippen LogP) is 4.28. The molecule has 5 rings (SSSR count). The molecule has 0 N–H and O–H groups in total. The van der Waals surface area contributed by atoms with Crippen LogP contribution in [0.25, 0.3) is 0 Å². The maximum Gasteiger partial charge on any atom is 0.344 e. The van der Waals surface area contributed by atoms with Crippen LogP contribution >= 0.6 is 0 Å². The number of allylic oxidation sites excluding steroid dienone is 2. The van der Waals surface area contributed by atoms with E-state index < -0.39 is 0 Å². The summed E-state index contributed by atoms with van der Waals surface area (Å²) < 4.78 is 11.0. The third-order valence-corrected chi connectivity index (χ3v) is 8.26. The lowest BCUT2D eigenvalue weighted by Crippen LogP contribution is -2.36. The summed E-state index contributed by atoms with van der Waals surface area (Å²) in [6.07, 6.45) is 16.2. The zero-order valence-corrected chi connectivity index (χ0v) is 16.2. The minimum absolute atomic E-state index is 0.0122. The lowest BCUT2D eigenvalue weighted by Gasteiger charge is -2.35. The van der Waals surface area contributed by atoms with E-state index in [0.717, 1.165) is 43.9 Å². The third-order valence-electron chi connectivity index (χ3n) is 8.26. The molecule has 0 saturated heterocycles. The van der Waals surface area contributed by atoms with Gasteiger partial charge in [0.15, 0.2) is 6.61 Å². The number of carbonyl (C=O) groups is 2. The van der Waals surface area contributed by atoms with Gasteiger partial charge in [-0.3, -0.25) is 4.79 Å². The zero-order chi connectivity index (χ0) is 18.4. The first-order chi connectivity index (χ1) is 13.2. The lowest BCUT2D eigenvalue weighted by molar-refractivity contribution is -0.166. The number of rotatable bonds is 4. The summed E-state index contributed by atoms with van der Waals surface area (Å²) >= 11 is 0. The van der Waals surface area contributed by atoms with Gasteiger partial charge in [-0.25, -0.2) is 4.79 Å². The van der Waals surface area contributed by atoms with Gasteiger partial charge in [0.05, 0.1) is 5.92 Å². The van der Waals surface area contributed by atoms with Crippen LogP contribution in [0.15, 0.2) is 12.2 Å². The summed E-state index contributed by atoms with van der Waals surface area (Å²) in [6.45, 7) is -0.205. The molecule has 27 heavy (non-hydrogen) atoms. The Labute approximate surface area is 162 Å². The van der Waals surface area contributed by atoms with E-state index in [1.807, 2.05) is 0 Å². The van der Waals surface area contributed by atoms with Crippen molar-refractivity contribution in [2.75, 3.05) is 6.61 Å². The van der Waals surface area contributed by atoms with Crippen LogP contribution in [0.1, 0.15) is 64.2 Å². The van der Waals surface area contributed by atoms with E-state index >= 15 is 0 Å². The van der Waals surface area contributed by atoms with Crippen LogP contribution in [0.2, 0.25) is 0 Å². The van der Waals surface area contributed by atoms with Crippen molar-refractivity contribution < 1.29 is 19.1 Å². The van der Waals surface area contributed by atoms with Crippen LogP contribution in [0.4, 0.5) is 0 Å². The molecule has 0 aromatic carbocycles. The largest absolute Gasteiger partial charge is 0.460 e. The molecule has 0 heterocycles. The molecular weight excluding hydrogens is 340 g/mol. The molecule has 0 spiro atoms. The Morgan fingerprint density at radius 1 is 0.852 bits per heavy atom. The van der Waals surface area contributed by atoms with Crippen LogP contribution in [0.5, 0.6) is 0 Å². The Hall–Kier alpha value is -1.32. The Morgan fingerprint density at radius 3 is 2.33 bits per heavy atom. The molecule has 0 aromatic heterocycles.